The Morgan fingerprint density at radius 1 is 1.18 bits per heavy atom. The number of pyridine rings is 1. The van der Waals surface area contributed by atoms with Gasteiger partial charge in [0.15, 0.2) is 0 Å². The van der Waals surface area contributed by atoms with Gasteiger partial charge in [-0.05, 0) is 36.2 Å². The predicted octanol–water partition coefficient (Wildman–Crippen LogP) is 1.31. The van der Waals surface area contributed by atoms with Crippen LogP contribution in [0.5, 0.6) is 5.75 Å². The molecule has 3 aliphatic rings. The van der Waals surface area contributed by atoms with Crippen LogP contribution in [0.1, 0.15) is 34.5 Å². The maximum atomic E-state index is 15.1. The molecule has 1 atom stereocenters. The Hall–Kier alpha value is -3.53. The summed E-state index contributed by atoms with van der Waals surface area (Å²) < 4.78 is 20.5. The summed E-state index contributed by atoms with van der Waals surface area (Å²) in [7, 11) is 1.63. The number of imide groups is 1. The smallest absolute Gasteiger partial charge is 0.255 e. The monoisotopic (exact) mass is 467 g/mol. The van der Waals surface area contributed by atoms with Crippen LogP contribution in [-0.2, 0) is 22.7 Å². The van der Waals surface area contributed by atoms with E-state index in [2.05, 4.69) is 15.2 Å². The minimum absolute atomic E-state index is 0.185. The quantitative estimate of drug-likeness (QED) is 0.663. The largest absolute Gasteiger partial charge is 0.495 e. The Balaban J connectivity index is 1.27. The van der Waals surface area contributed by atoms with Gasteiger partial charge in [-0.15, -0.1) is 0 Å². The van der Waals surface area contributed by atoms with Crippen LogP contribution in [0.2, 0.25) is 0 Å². The number of fused-ring (bicyclic) bond motifs is 1. The highest BCUT2D eigenvalue weighted by Crippen LogP contribution is 2.33. The summed E-state index contributed by atoms with van der Waals surface area (Å²) in [5.74, 6) is -0.876. The van der Waals surface area contributed by atoms with Crippen molar-refractivity contribution in [1.29, 1.82) is 0 Å². The summed E-state index contributed by atoms with van der Waals surface area (Å²) in [4.78, 5) is 46.7. The number of benzene rings is 1. The minimum atomic E-state index is -0.712. The summed E-state index contributed by atoms with van der Waals surface area (Å²) in [5.41, 5.74) is 2.32. The van der Waals surface area contributed by atoms with Crippen molar-refractivity contribution in [3.8, 4) is 5.75 Å². The number of ether oxygens (including phenoxy) is 1. The highest BCUT2D eigenvalue weighted by Gasteiger charge is 2.40. The summed E-state index contributed by atoms with van der Waals surface area (Å²) in [6, 6.07) is 6.02. The van der Waals surface area contributed by atoms with Crippen LogP contribution in [-0.4, -0.2) is 71.8 Å². The van der Waals surface area contributed by atoms with Crippen LogP contribution in [0.15, 0.2) is 30.5 Å². The number of carbonyl (C=O) groups excluding carboxylic acids is 3. The normalized spacial score (nSPS) is 21.0. The maximum absolute atomic E-state index is 15.1. The predicted molar refractivity (Wildman–Crippen MR) is 121 cm³/mol. The number of piperazine rings is 1. The Kier molecular flexibility index (Phi) is 5.91. The van der Waals surface area contributed by atoms with Gasteiger partial charge >= 0.3 is 0 Å². The van der Waals surface area contributed by atoms with E-state index in [9.17, 15) is 14.4 Å². The number of hydrogen-bond donors (Lipinski definition) is 1. The molecule has 3 amide bonds. The van der Waals surface area contributed by atoms with Gasteiger partial charge in [0.25, 0.3) is 5.91 Å². The van der Waals surface area contributed by atoms with Gasteiger partial charge in [-0.2, -0.15) is 0 Å². The van der Waals surface area contributed by atoms with E-state index in [1.165, 1.54) is 11.0 Å². The van der Waals surface area contributed by atoms with E-state index in [0.717, 1.165) is 24.5 Å². The highest BCUT2D eigenvalue weighted by atomic mass is 19.1. The van der Waals surface area contributed by atoms with Gasteiger partial charge in [0.05, 0.1) is 18.5 Å². The summed E-state index contributed by atoms with van der Waals surface area (Å²) in [6.07, 6.45) is 2.21. The van der Waals surface area contributed by atoms with E-state index in [4.69, 9.17) is 4.74 Å². The van der Waals surface area contributed by atoms with Crippen LogP contribution < -0.4 is 15.0 Å². The molecule has 4 heterocycles. The lowest BCUT2D eigenvalue weighted by Crippen LogP contribution is -2.52. The molecule has 178 valence electrons. The van der Waals surface area contributed by atoms with E-state index in [1.807, 2.05) is 17.0 Å². The van der Waals surface area contributed by atoms with Gasteiger partial charge in [-0.1, -0.05) is 0 Å². The zero-order valence-electron chi connectivity index (χ0n) is 18.9. The molecule has 1 aromatic heterocycles. The van der Waals surface area contributed by atoms with E-state index in [0.29, 0.717) is 30.9 Å². The van der Waals surface area contributed by atoms with Crippen molar-refractivity contribution in [1.82, 2.24) is 20.1 Å². The van der Waals surface area contributed by atoms with Gasteiger partial charge < -0.3 is 14.5 Å². The Bertz CT molecular complexity index is 1150. The van der Waals surface area contributed by atoms with Crippen molar-refractivity contribution < 1.29 is 23.5 Å². The molecule has 3 aliphatic heterocycles. The summed E-state index contributed by atoms with van der Waals surface area (Å²) in [6.45, 7) is 3.62. The molecule has 0 bridgehead atoms. The molecule has 0 saturated carbocycles. The van der Waals surface area contributed by atoms with Crippen molar-refractivity contribution in [3.63, 3.8) is 0 Å². The molecule has 0 radical (unpaired) electrons. The number of nitrogens with zero attached hydrogens (tertiary/aromatic N) is 4. The fourth-order valence-electron chi connectivity index (χ4n) is 4.91. The SMILES string of the molecule is COc1cccnc1CN1CCN(c2cc3c(cc2F)C(=O)N(C2CCC(=O)NC2=O)C3)CC1. The lowest BCUT2D eigenvalue weighted by atomic mass is 10.0. The molecule has 34 heavy (non-hydrogen) atoms. The van der Waals surface area contributed by atoms with Crippen LogP contribution in [0.3, 0.4) is 0 Å². The molecule has 10 heteroatoms. The van der Waals surface area contributed by atoms with Crippen molar-refractivity contribution >= 4 is 23.4 Å². The van der Waals surface area contributed by atoms with Crippen molar-refractivity contribution in [2.45, 2.75) is 32.0 Å². The maximum Gasteiger partial charge on any atom is 0.255 e. The molecule has 1 N–H and O–H groups in total. The second kappa shape index (κ2) is 9.02. The van der Waals surface area contributed by atoms with E-state index in [-0.39, 0.29) is 36.8 Å². The molecule has 9 nitrogen and oxygen atoms in total. The Morgan fingerprint density at radius 2 is 1.97 bits per heavy atom. The number of halogens is 1. The first-order valence-corrected chi connectivity index (χ1v) is 11.4. The lowest BCUT2D eigenvalue weighted by molar-refractivity contribution is -0.136. The molecule has 1 aromatic carbocycles. The number of amides is 3. The first kappa shape index (κ1) is 22.3. The third-order valence-corrected chi connectivity index (χ3v) is 6.75. The molecular weight excluding hydrogens is 441 g/mol. The van der Waals surface area contributed by atoms with Crippen molar-refractivity contribution in [2.75, 3.05) is 38.2 Å². The first-order valence-electron chi connectivity index (χ1n) is 11.4. The second-order valence-electron chi connectivity index (χ2n) is 8.78. The average Bonchev–Trinajstić information content (AvgIpc) is 3.14. The summed E-state index contributed by atoms with van der Waals surface area (Å²) in [5, 5.41) is 2.29. The molecule has 2 aromatic rings. The van der Waals surface area contributed by atoms with Crippen LogP contribution >= 0.6 is 0 Å². The highest BCUT2D eigenvalue weighted by molar-refractivity contribution is 6.05. The van der Waals surface area contributed by atoms with Crippen LogP contribution in [0.4, 0.5) is 10.1 Å². The zero-order chi connectivity index (χ0) is 23.8. The Morgan fingerprint density at radius 3 is 2.71 bits per heavy atom. The standard InChI is InChI=1S/C24H26FN5O4/c1-34-21-3-2-6-26-18(21)14-28-7-9-29(10-8-28)20-11-15-13-30(24(33)16(15)12-17(20)25)19-4-5-22(31)27-23(19)32/h2-3,6,11-12,19H,4-5,7-10,13-14H2,1H3,(H,27,31,32). The van der Waals surface area contributed by atoms with Gasteiger partial charge in [-0.25, -0.2) is 4.39 Å². The lowest BCUT2D eigenvalue weighted by Gasteiger charge is -2.36. The van der Waals surface area contributed by atoms with Gasteiger partial charge in [0, 0.05) is 57.4 Å². The van der Waals surface area contributed by atoms with Gasteiger partial charge in [-0.3, -0.25) is 29.6 Å². The molecule has 0 aliphatic carbocycles. The zero-order valence-corrected chi connectivity index (χ0v) is 18.9. The number of carbonyl (C=O) groups is 3. The summed E-state index contributed by atoms with van der Waals surface area (Å²) >= 11 is 0. The number of rotatable bonds is 5. The molecule has 2 fully saturated rings. The topological polar surface area (TPSA) is 95.1 Å². The van der Waals surface area contributed by atoms with E-state index < -0.39 is 17.8 Å². The second-order valence-corrected chi connectivity index (χ2v) is 8.78. The number of methoxy groups -OCH3 is 1. The van der Waals surface area contributed by atoms with Crippen LogP contribution in [0.25, 0.3) is 0 Å². The van der Waals surface area contributed by atoms with E-state index >= 15 is 4.39 Å². The van der Waals surface area contributed by atoms with Gasteiger partial charge in [0.2, 0.25) is 11.8 Å². The number of nitrogens with one attached hydrogen (secondary N) is 1. The van der Waals surface area contributed by atoms with Crippen molar-refractivity contribution in [2.24, 2.45) is 0 Å². The first-order chi connectivity index (χ1) is 16.4. The number of hydrogen-bond acceptors (Lipinski definition) is 7. The van der Waals surface area contributed by atoms with Crippen molar-refractivity contribution in [3.05, 3.63) is 53.1 Å². The number of anilines is 1. The molecular formula is C24H26FN5O4. The third-order valence-electron chi connectivity index (χ3n) is 6.75. The minimum Gasteiger partial charge on any atom is -0.495 e. The van der Waals surface area contributed by atoms with Gasteiger partial charge in [0.1, 0.15) is 17.6 Å². The average molecular weight is 468 g/mol. The van der Waals surface area contributed by atoms with E-state index in [1.54, 1.807) is 19.4 Å². The fraction of sp³-hybridized carbons (Fsp3) is 0.417. The molecule has 2 saturated heterocycles. The molecule has 1 unspecified atom stereocenters. The fourth-order valence-corrected chi connectivity index (χ4v) is 4.91. The van der Waals surface area contributed by atoms with Crippen LogP contribution in [0, 0.1) is 5.82 Å². The number of piperidine rings is 1. The molecule has 5 rings (SSSR count). The molecule has 0 spiro atoms. The third kappa shape index (κ3) is 4.09. The number of aromatic nitrogens is 1. The Labute approximate surface area is 196 Å².